The maximum Gasteiger partial charge on any atom is 0.259 e. The van der Waals surface area contributed by atoms with Crippen molar-refractivity contribution in [3.8, 4) is 16.9 Å². The van der Waals surface area contributed by atoms with Crippen LogP contribution in [0.25, 0.3) is 32.9 Å². The Morgan fingerprint density at radius 2 is 1.67 bits per heavy atom. The monoisotopic (exact) mass is 543 g/mol. The molecule has 1 fully saturated rings. The number of unbranched alkanes of at least 4 members (excludes halogenated alkanes) is 2. The van der Waals surface area contributed by atoms with Crippen molar-refractivity contribution in [2.45, 2.75) is 58.4 Å². The highest BCUT2D eigenvalue weighted by atomic mass is 35.5. The van der Waals surface area contributed by atoms with E-state index in [4.69, 9.17) is 11.6 Å². The molecule has 2 N–H and O–H groups in total. The van der Waals surface area contributed by atoms with E-state index in [-0.39, 0.29) is 5.75 Å². The molecular weight excluding hydrogens is 510 g/mol. The van der Waals surface area contributed by atoms with Crippen LogP contribution in [0.2, 0.25) is 5.02 Å². The summed E-state index contributed by atoms with van der Waals surface area (Å²) in [6, 6.07) is 13.3. The molecule has 4 aromatic rings. The van der Waals surface area contributed by atoms with Crippen molar-refractivity contribution < 1.29 is 14.7 Å². The number of hydrogen-bond acceptors (Lipinski definition) is 4. The Balaban J connectivity index is 1.51. The molecule has 1 aromatic heterocycles. The Morgan fingerprint density at radius 1 is 0.897 bits per heavy atom. The lowest BCUT2D eigenvalue weighted by Crippen LogP contribution is -2.20. The van der Waals surface area contributed by atoms with Crippen LogP contribution in [-0.2, 0) is 13.0 Å². The normalized spacial score (nSPS) is 15.5. The number of aromatic hydroxyl groups is 1. The van der Waals surface area contributed by atoms with Gasteiger partial charge in [-0.05, 0) is 93.6 Å². The largest absolute Gasteiger partial charge is 0.508 e. The number of hydrogen-bond donors (Lipinski definition) is 2. The van der Waals surface area contributed by atoms with E-state index in [1.807, 2.05) is 24.3 Å². The lowest BCUT2D eigenvalue weighted by Gasteiger charge is -2.14. The van der Waals surface area contributed by atoms with E-state index in [1.165, 1.54) is 25.9 Å². The number of amides is 2. The predicted octanol–water partition coefficient (Wildman–Crippen LogP) is 6.92. The van der Waals surface area contributed by atoms with Crippen molar-refractivity contribution in [2.24, 2.45) is 0 Å². The highest BCUT2D eigenvalue weighted by Crippen LogP contribution is 2.43. The molecule has 2 amide bonds. The SMILES string of the molecule is CCCCn1c2cc(CCCCN3CCCC3)c(O)cc2c2c3c(c(-c4ccccc4Cl)cc21)C(=O)NC3=O. The summed E-state index contributed by atoms with van der Waals surface area (Å²) in [5.41, 5.74) is 4.87. The Bertz CT molecular complexity index is 1600. The van der Waals surface area contributed by atoms with Gasteiger partial charge in [-0.3, -0.25) is 14.9 Å². The van der Waals surface area contributed by atoms with Crippen molar-refractivity contribution in [3.05, 3.63) is 64.2 Å². The van der Waals surface area contributed by atoms with Gasteiger partial charge in [-0.2, -0.15) is 0 Å². The van der Waals surface area contributed by atoms with Crippen molar-refractivity contribution in [3.63, 3.8) is 0 Å². The van der Waals surface area contributed by atoms with Crippen molar-refractivity contribution in [1.82, 2.24) is 14.8 Å². The summed E-state index contributed by atoms with van der Waals surface area (Å²) in [5, 5.41) is 15.6. The number of phenols is 1. The molecule has 3 aromatic carbocycles. The van der Waals surface area contributed by atoms with Crippen molar-refractivity contribution >= 4 is 45.2 Å². The first-order chi connectivity index (χ1) is 19.0. The highest BCUT2D eigenvalue weighted by Gasteiger charge is 2.35. The third kappa shape index (κ3) is 4.60. The zero-order chi connectivity index (χ0) is 27.1. The van der Waals surface area contributed by atoms with Crippen LogP contribution in [-0.4, -0.2) is 46.0 Å². The van der Waals surface area contributed by atoms with Gasteiger partial charge < -0.3 is 14.6 Å². The van der Waals surface area contributed by atoms with Gasteiger partial charge in [-0.1, -0.05) is 43.1 Å². The fraction of sp³-hybridized carbons (Fsp3) is 0.375. The number of carbonyl (C=O) groups is 2. The number of carbonyl (C=O) groups excluding carboxylic acids is 2. The minimum atomic E-state index is -0.417. The first-order valence-corrected chi connectivity index (χ1v) is 14.5. The van der Waals surface area contributed by atoms with Gasteiger partial charge in [0.1, 0.15) is 5.75 Å². The zero-order valence-electron chi connectivity index (χ0n) is 22.4. The van der Waals surface area contributed by atoms with E-state index in [0.717, 1.165) is 72.7 Å². The van der Waals surface area contributed by atoms with Gasteiger partial charge in [0.2, 0.25) is 0 Å². The lowest BCUT2D eigenvalue weighted by atomic mass is 9.92. The van der Waals surface area contributed by atoms with E-state index in [0.29, 0.717) is 27.1 Å². The number of benzene rings is 3. The molecule has 0 bridgehead atoms. The Morgan fingerprint density at radius 3 is 2.44 bits per heavy atom. The second kappa shape index (κ2) is 10.7. The topological polar surface area (TPSA) is 74.6 Å². The maximum absolute atomic E-state index is 13.2. The fourth-order valence-electron chi connectivity index (χ4n) is 6.33. The summed E-state index contributed by atoms with van der Waals surface area (Å²) in [7, 11) is 0. The molecule has 7 heteroatoms. The minimum Gasteiger partial charge on any atom is -0.508 e. The van der Waals surface area contributed by atoms with Crippen LogP contribution in [0.5, 0.6) is 5.75 Å². The molecule has 0 radical (unpaired) electrons. The summed E-state index contributed by atoms with van der Waals surface area (Å²) in [5.74, 6) is -0.582. The number of likely N-dealkylation sites (tertiary alicyclic amines) is 1. The van der Waals surface area contributed by atoms with E-state index >= 15 is 0 Å². The quantitative estimate of drug-likeness (QED) is 0.177. The Labute approximate surface area is 233 Å². The van der Waals surface area contributed by atoms with Gasteiger partial charge in [0.15, 0.2) is 0 Å². The fourth-order valence-corrected chi connectivity index (χ4v) is 6.56. The van der Waals surface area contributed by atoms with Gasteiger partial charge in [0, 0.05) is 33.4 Å². The molecule has 0 saturated carbocycles. The van der Waals surface area contributed by atoms with Crippen LogP contribution < -0.4 is 5.32 Å². The summed E-state index contributed by atoms with van der Waals surface area (Å²) in [6.45, 7) is 6.44. The number of nitrogens with zero attached hydrogens (tertiary/aromatic N) is 2. The number of phenolic OH excluding ortho intramolecular Hbond substituents is 1. The van der Waals surface area contributed by atoms with Gasteiger partial charge in [-0.15, -0.1) is 0 Å². The molecule has 3 heterocycles. The second-order valence-electron chi connectivity index (χ2n) is 10.8. The molecule has 1 saturated heterocycles. The van der Waals surface area contributed by atoms with Gasteiger partial charge in [-0.25, -0.2) is 0 Å². The first-order valence-electron chi connectivity index (χ1n) is 14.2. The molecule has 0 unspecified atom stereocenters. The lowest BCUT2D eigenvalue weighted by molar-refractivity contribution is 0.0880. The first kappa shape index (κ1) is 25.9. The van der Waals surface area contributed by atoms with Crippen molar-refractivity contribution in [1.29, 1.82) is 0 Å². The van der Waals surface area contributed by atoms with Crippen LogP contribution in [0.1, 0.15) is 71.7 Å². The highest BCUT2D eigenvalue weighted by molar-refractivity contribution is 6.36. The zero-order valence-corrected chi connectivity index (χ0v) is 23.1. The average molecular weight is 544 g/mol. The van der Waals surface area contributed by atoms with Crippen LogP contribution in [0, 0.1) is 0 Å². The number of nitrogens with one attached hydrogen (secondary N) is 1. The molecule has 2 aliphatic rings. The Kier molecular flexibility index (Phi) is 7.08. The van der Waals surface area contributed by atoms with Crippen LogP contribution in [0.3, 0.4) is 0 Å². The third-order valence-electron chi connectivity index (χ3n) is 8.30. The Hall–Kier alpha value is -3.35. The van der Waals surface area contributed by atoms with E-state index in [2.05, 4.69) is 27.8 Å². The van der Waals surface area contributed by atoms with Gasteiger partial charge in [0.05, 0.1) is 16.6 Å². The summed E-state index contributed by atoms with van der Waals surface area (Å²) in [4.78, 5) is 28.8. The molecule has 0 aliphatic carbocycles. The molecule has 6 nitrogen and oxygen atoms in total. The second-order valence-corrected chi connectivity index (χ2v) is 11.2. The average Bonchev–Trinajstić information content (AvgIpc) is 3.62. The van der Waals surface area contributed by atoms with Crippen LogP contribution in [0.4, 0.5) is 0 Å². The van der Waals surface area contributed by atoms with Crippen LogP contribution in [0.15, 0.2) is 42.5 Å². The summed E-state index contributed by atoms with van der Waals surface area (Å²) < 4.78 is 2.25. The molecular formula is C32H34ClN3O3. The third-order valence-corrected chi connectivity index (χ3v) is 8.63. The summed E-state index contributed by atoms with van der Waals surface area (Å²) >= 11 is 6.58. The van der Waals surface area contributed by atoms with E-state index in [1.54, 1.807) is 12.1 Å². The van der Waals surface area contributed by atoms with Crippen molar-refractivity contribution in [2.75, 3.05) is 19.6 Å². The number of aromatic nitrogens is 1. The molecule has 0 spiro atoms. The van der Waals surface area contributed by atoms with Gasteiger partial charge >= 0.3 is 0 Å². The molecule has 202 valence electrons. The number of halogens is 1. The maximum atomic E-state index is 13.2. The number of rotatable bonds is 9. The van der Waals surface area contributed by atoms with E-state index < -0.39 is 11.8 Å². The number of imide groups is 1. The predicted molar refractivity (Wildman–Crippen MR) is 157 cm³/mol. The minimum absolute atomic E-state index is 0.242. The molecule has 39 heavy (non-hydrogen) atoms. The number of aryl methyl sites for hydroxylation is 2. The standard InChI is InChI=1S/C32H34ClN3O3/c1-2-3-16-36-25-17-20(10-6-7-13-35-14-8-9-15-35)27(37)19-23(25)28-26(36)18-22(21-11-4-5-12-24(21)33)29-30(28)32(39)34-31(29)38/h4-5,11-12,17-19,37H,2-3,6-10,13-16H2,1H3,(H,34,38,39). The molecule has 2 aliphatic heterocycles. The summed E-state index contributed by atoms with van der Waals surface area (Å²) in [6.07, 6.45) is 7.49. The smallest absolute Gasteiger partial charge is 0.259 e. The van der Waals surface area contributed by atoms with Crippen LogP contribution >= 0.6 is 11.6 Å². The molecule has 0 atom stereocenters. The number of fused-ring (bicyclic) bond motifs is 5. The van der Waals surface area contributed by atoms with E-state index in [9.17, 15) is 14.7 Å². The van der Waals surface area contributed by atoms with Gasteiger partial charge in [0.25, 0.3) is 11.8 Å². The molecule has 6 rings (SSSR count).